The minimum atomic E-state index is -0.456. The summed E-state index contributed by atoms with van der Waals surface area (Å²) in [6.07, 6.45) is 0.915. The maximum absolute atomic E-state index is 12.6. The lowest BCUT2D eigenvalue weighted by Gasteiger charge is -2.41. The first-order valence-corrected chi connectivity index (χ1v) is 9.48. The van der Waals surface area contributed by atoms with E-state index in [-0.39, 0.29) is 17.8 Å². The molecular formula is C21H26N4O3. The molecule has 1 N–H and O–H groups in total. The summed E-state index contributed by atoms with van der Waals surface area (Å²) in [5.74, 6) is 0.352. The number of hydrogen-bond donors (Lipinski definition) is 1. The molecule has 148 valence electrons. The first kappa shape index (κ1) is 19.8. The molecule has 1 aliphatic heterocycles. The van der Waals surface area contributed by atoms with Gasteiger partial charge in [0.15, 0.2) is 0 Å². The Bertz CT molecular complexity index is 810. The lowest BCUT2D eigenvalue weighted by molar-refractivity contribution is -0.384. The predicted molar refractivity (Wildman–Crippen MR) is 109 cm³/mol. The van der Waals surface area contributed by atoms with Gasteiger partial charge in [0.1, 0.15) is 0 Å². The molecule has 0 saturated carbocycles. The third kappa shape index (κ3) is 4.86. The second-order valence-corrected chi connectivity index (χ2v) is 7.40. The summed E-state index contributed by atoms with van der Waals surface area (Å²) in [4.78, 5) is 27.1. The number of carbonyl (C=O) groups excluding carboxylic acids is 1. The number of nitrogens with zero attached hydrogens (tertiary/aromatic N) is 3. The highest BCUT2D eigenvalue weighted by Crippen LogP contribution is 2.24. The highest BCUT2D eigenvalue weighted by Gasteiger charge is 2.31. The molecule has 1 fully saturated rings. The molecule has 0 radical (unpaired) electrons. The minimum absolute atomic E-state index is 0.00534. The van der Waals surface area contributed by atoms with Crippen molar-refractivity contribution < 1.29 is 9.72 Å². The van der Waals surface area contributed by atoms with Crippen LogP contribution in [0.25, 0.3) is 0 Å². The second-order valence-electron chi connectivity index (χ2n) is 7.40. The maximum Gasteiger partial charge on any atom is 0.321 e. The average Bonchev–Trinajstić information content (AvgIpc) is 2.69. The third-order valence-corrected chi connectivity index (χ3v) is 5.34. The summed E-state index contributed by atoms with van der Waals surface area (Å²) >= 11 is 0. The van der Waals surface area contributed by atoms with Crippen LogP contribution in [0.2, 0.25) is 0 Å². The van der Waals surface area contributed by atoms with Gasteiger partial charge in [-0.3, -0.25) is 15.0 Å². The van der Waals surface area contributed by atoms with E-state index in [0.29, 0.717) is 11.6 Å². The number of rotatable bonds is 5. The maximum atomic E-state index is 12.6. The number of non-ortho nitro benzene ring substituents is 1. The fourth-order valence-electron chi connectivity index (χ4n) is 3.81. The van der Waals surface area contributed by atoms with Crippen molar-refractivity contribution in [2.24, 2.45) is 5.92 Å². The molecule has 1 heterocycles. The van der Waals surface area contributed by atoms with Crippen LogP contribution < -0.4 is 5.32 Å². The topological polar surface area (TPSA) is 78.7 Å². The minimum Gasteiger partial charge on any atom is -0.324 e. The van der Waals surface area contributed by atoms with Crippen LogP contribution >= 0.6 is 0 Å². The number of urea groups is 1. The lowest BCUT2D eigenvalue weighted by atomic mass is 9.92. The van der Waals surface area contributed by atoms with Gasteiger partial charge in [-0.25, -0.2) is 4.79 Å². The number of nitro benzene ring substituents is 1. The molecule has 28 heavy (non-hydrogen) atoms. The van der Waals surface area contributed by atoms with Gasteiger partial charge in [0, 0.05) is 50.5 Å². The van der Waals surface area contributed by atoms with Crippen molar-refractivity contribution in [1.82, 2.24) is 9.80 Å². The summed E-state index contributed by atoms with van der Waals surface area (Å²) in [7, 11) is 1.81. The fraction of sp³-hybridized carbons (Fsp3) is 0.381. The van der Waals surface area contributed by atoms with Crippen molar-refractivity contribution in [2.75, 3.05) is 25.5 Å². The number of anilines is 1. The molecule has 2 aromatic carbocycles. The van der Waals surface area contributed by atoms with E-state index in [1.165, 1.54) is 17.7 Å². The molecule has 0 aromatic heterocycles. The number of carbonyl (C=O) groups is 1. The second kappa shape index (κ2) is 8.84. The van der Waals surface area contributed by atoms with Gasteiger partial charge in [-0.2, -0.15) is 0 Å². The molecule has 1 saturated heterocycles. The van der Waals surface area contributed by atoms with E-state index in [9.17, 15) is 14.9 Å². The Labute approximate surface area is 165 Å². The van der Waals surface area contributed by atoms with Crippen molar-refractivity contribution in [3.63, 3.8) is 0 Å². The van der Waals surface area contributed by atoms with Crippen LogP contribution in [0.5, 0.6) is 0 Å². The van der Waals surface area contributed by atoms with Gasteiger partial charge in [-0.1, -0.05) is 37.3 Å². The Kier molecular flexibility index (Phi) is 6.26. The van der Waals surface area contributed by atoms with Crippen molar-refractivity contribution in [3.05, 3.63) is 70.3 Å². The third-order valence-electron chi connectivity index (χ3n) is 5.34. The molecule has 2 atom stereocenters. The molecule has 0 unspecified atom stereocenters. The number of hydrogen-bond acceptors (Lipinski definition) is 4. The summed E-state index contributed by atoms with van der Waals surface area (Å²) < 4.78 is 0. The average molecular weight is 382 g/mol. The number of likely N-dealkylation sites (tertiary alicyclic amines) is 1. The predicted octanol–water partition coefficient (Wildman–Crippen LogP) is 3.97. The van der Waals surface area contributed by atoms with Gasteiger partial charge in [0.25, 0.3) is 5.69 Å². The zero-order valence-corrected chi connectivity index (χ0v) is 16.2. The van der Waals surface area contributed by atoms with Crippen LogP contribution in [0.1, 0.15) is 18.9 Å². The van der Waals surface area contributed by atoms with Crippen LogP contribution in [-0.2, 0) is 6.54 Å². The molecule has 2 amide bonds. The summed E-state index contributed by atoms with van der Waals surface area (Å²) in [5, 5.41) is 13.6. The van der Waals surface area contributed by atoms with E-state index in [1.54, 1.807) is 17.0 Å². The zero-order valence-electron chi connectivity index (χ0n) is 16.2. The molecule has 7 heteroatoms. The molecule has 2 aromatic rings. The van der Waals surface area contributed by atoms with E-state index >= 15 is 0 Å². The monoisotopic (exact) mass is 382 g/mol. The van der Waals surface area contributed by atoms with Crippen LogP contribution in [0.3, 0.4) is 0 Å². The van der Waals surface area contributed by atoms with Crippen molar-refractivity contribution in [3.8, 4) is 0 Å². The van der Waals surface area contributed by atoms with Gasteiger partial charge >= 0.3 is 6.03 Å². The molecule has 0 bridgehead atoms. The normalized spacial score (nSPS) is 19.8. The van der Waals surface area contributed by atoms with E-state index in [2.05, 4.69) is 41.4 Å². The summed E-state index contributed by atoms with van der Waals surface area (Å²) in [5.41, 5.74) is 1.86. The largest absolute Gasteiger partial charge is 0.324 e. The van der Waals surface area contributed by atoms with Gasteiger partial charge < -0.3 is 10.2 Å². The van der Waals surface area contributed by atoms with Crippen LogP contribution in [-0.4, -0.2) is 46.9 Å². The van der Waals surface area contributed by atoms with Gasteiger partial charge in [-0.15, -0.1) is 0 Å². The summed E-state index contributed by atoms with van der Waals surface area (Å²) in [6.45, 7) is 4.99. The molecule has 0 aliphatic carbocycles. The molecule has 1 aliphatic rings. The number of nitro groups is 1. The number of amides is 2. The van der Waals surface area contributed by atoms with Crippen molar-refractivity contribution >= 4 is 17.4 Å². The standard InChI is InChI=1S/C21H26N4O3/c1-16-14-24(15-17-6-4-3-5-7-17)13-12-20(16)23(2)21(26)22-18-8-10-19(11-9-18)25(27)28/h3-11,16,20H,12-15H2,1-2H3,(H,22,26)/t16-,20+/m1/s1. The first-order chi connectivity index (χ1) is 13.4. The van der Waals surface area contributed by atoms with Crippen molar-refractivity contribution in [1.29, 1.82) is 0 Å². The van der Waals surface area contributed by atoms with Crippen LogP contribution in [0, 0.1) is 16.0 Å². The Morgan fingerprint density at radius 3 is 2.50 bits per heavy atom. The zero-order chi connectivity index (χ0) is 20.1. The van der Waals surface area contributed by atoms with Crippen LogP contribution in [0.15, 0.2) is 54.6 Å². The smallest absolute Gasteiger partial charge is 0.321 e. The van der Waals surface area contributed by atoms with Gasteiger partial charge in [-0.05, 0) is 30.0 Å². The van der Waals surface area contributed by atoms with Crippen molar-refractivity contribution in [2.45, 2.75) is 25.9 Å². The molecule has 0 spiro atoms. The van der Waals surface area contributed by atoms with E-state index in [0.717, 1.165) is 26.1 Å². The number of benzene rings is 2. The molecular weight excluding hydrogens is 356 g/mol. The SMILES string of the molecule is C[C@@H]1CN(Cc2ccccc2)CC[C@@H]1N(C)C(=O)Nc1ccc([N+](=O)[O-])cc1. The highest BCUT2D eigenvalue weighted by molar-refractivity contribution is 5.89. The van der Waals surface area contributed by atoms with Crippen LogP contribution in [0.4, 0.5) is 16.2 Å². The number of nitrogens with one attached hydrogen (secondary N) is 1. The molecule has 3 rings (SSSR count). The van der Waals surface area contributed by atoms with Gasteiger partial charge in [0.2, 0.25) is 0 Å². The summed E-state index contributed by atoms with van der Waals surface area (Å²) in [6, 6.07) is 16.3. The first-order valence-electron chi connectivity index (χ1n) is 9.48. The Morgan fingerprint density at radius 1 is 1.21 bits per heavy atom. The Balaban J connectivity index is 1.54. The highest BCUT2D eigenvalue weighted by atomic mass is 16.6. The molecule has 7 nitrogen and oxygen atoms in total. The van der Waals surface area contributed by atoms with E-state index in [1.807, 2.05) is 13.1 Å². The lowest BCUT2D eigenvalue weighted by Crippen LogP contribution is -2.51. The Morgan fingerprint density at radius 2 is 1.89 bits per heavy atom. The van der Waals surface area contributed by atoms with Gasteiger partial charge in [0.05, 0.1) is 4.92 Å². The quantitative estimate of drug-likeness (QED) is 0.627. The Hall–Kier alpha value is -2.93. The van der Waals surface area contributed by atoms with E-state index < -0.39 is 4.92 Å². The van der Waals surface area contributed by atoms with E-state index in [4.69, 9.17) is 0 Å². The fourth-order valence-corrected chi connectivity index (χ4v) is 3.81. The number of piperidine rings is 1.